The van der Waals surface area contributed by atoms with E-state index in [1.165, 1.54) is 11.3 Å². The third-order valence-corrected chi connectivity index (χ3v) is 4.49. The van der Waals surface area contributed by atoms with Crippen molar-refractivity contribution in [2.24, 2.45) is 12.0 Å². The second-order valence-corrected chi connectivity index (χ2v) is 6.63. The minimum atomic E-state index is 0.634. The molecule has 7 heteroatoms. The van der Waals surface area contributed by atoms with Crippen molar-refractivity contribution in [2.45, 2.75) is 33.6 Å². The molecule has 0 atom stereocenters. The van der Waals surface area contributed by atoms with E-state index in [0.717, 1.165) is 42.5 Å². The molecule has 0 aliphatic rings. The highest BCUT2D eigenvalue weighted by atomic mass is 16.5. The van der Waals surface area contributed by atoms with Crippen LogP contribution in [-0.4, -0.2) is 49.2 Å². The average Bonchev–Trinajstić information content (AvgIpc) is 2.92. The number of nitrogens with zero attached hydrogens (tertiary/aromatic N) is 3. The highest BCUT2D eigenvalue weighted by Gasteiger charge is 2.09. The summed E-state index contributed by atoms with van der Waals surface area (Å²) in [6.45, 7) is 9.02. The van der Waals surface area contributed by atoms with Crippen LogP contribution in [0.2, 0.25) is 0 Å². The molecule has 0 saturated heterocycles. The molecule has 0 aliphatic heterocycles. The summed E-state index contributed by atoms with van der Waals surface area (Å²) < 4.78 is 12.7. The van der Waals surface area contributed by atoms with Crippen molar-refractivity contribution in [3.05, 3.63) is 41.2 Å². The lowest BCUT2D eigenvalue weighted by Crippen LogP contribution is -2.30. The van der Waals surface area contributed by atoms with Gasteiger partial charge in [-0.1, -0.05) is 6.07 Å². The Morgan fingerprint density at radius 3 is 2.75 bits per heavy atom. The summed E-state index contributed by atoms with van der Waals surface area (Å²) in [7, 11) is 3.67. The zero-order valence-electron chi connectivity index (χ0n) is 17.7. The first-order chi connectivity index (χ1) is 13.5. The van der Waals surface area contributed by atoms with Gasteiger partial charge in [-0.15, -0.1) is 0 Å². The number of aliphatic imine (C=N–C) groups is 1. The monoisotopic (exact) mass is 387 g/mol. The van der Waals surface area contributed by atoms with Crippen molar-refractivity contribution in [1.29, 1.82) is 0 Å². The molecule has 0 radical (unpaired) electrons. The minimum absolute atomic E-state index is 0.634. The summed E-state index contributed by atoms with van der Waals surface area (Å²) in [6.07, 6.45) is 1.73. The van der Waals surface area contributed by atoms with Gasteiger partial charge >= 0.3 is 0 Å². The number of guanidine groups is 1. The molecule has 2 rings (SSSR count). The first-order valence-corrected chi connectivity index (χ1v) is 9.81. The standard InChI is InChI=1S/C21H33N5O2/c1-6-22-21(23-12-11-20-16(2)25-26(4)17(20)3)24-18-9-7-10-19(15-18)28-14-8-13-27-5/h7,9-10,15H,6,8,11-14H2,1-5H3,(H2,22,23,24). The lowest BCUT2D eigenvalue weighted by molar-refractivity contribution is 0.172. The highest BCUT2D eigenvalue weighted by molar-refractivity contribution is 5.93. The summed E-state index contributed by atoms with van der Waals surface area (Å²) in [5.74, 6) is 1.59. The van der Waals surface area contributed by atoms with E-state index in [0.29, 0.717) is 19.8 Å². The van der Waals surface area contributed by atoms with Gasteiger partial charge in [0, 0.05) is 57.7 Å². The molecule has 28 heavy (non-hydrogen) atoms. The van der Waals surface area contributed by atoms with Crippen LogP contribution in [0.5, 0.6) is 5.75 Å². The maximum Gasteiger partial charge on any atom is 0.195 e. The average molecular weight is 388 g/mol. The summed E-state index contributed by atoms with van der Waals surface area (Å²) in [5, 5.41) is 11.1. The van der Waals surface area contributed by atoms with E-state index in [1.807, 2.05) is 42.9 Å². The molecule has 2 N–H and O–H groups in total. The molecule has 154 valence electrons. The van der Waals surface area contributed by atoms with E-state index in [4.69, 9.17) is 14.5 Å². The van der Waals surface area contributed by atoms with Crippen LogP contribution in [0.1, 0.15) is 30.3 Å². The van der Waals surface area contributed by atoms with Crippen LogP contribution in [0.25, 0.3) is 0 Å². The van der Waals surface area contributed by atoms with E-state index in [1.54, 1.807) is 7.11 Å². The van der Waals surface area contributed by atoms with Crippen molar-refractivity contribution in [3.8, 4) is 5.75 Å². The van der Waals surface area contributed by atoms with Gasteiger partial charge in [-0.05, 0) is 44.9 Å². The predicted octanol–water partition coefficient (Wildman–Crippen LogP) is 3.07. The number of nitrogens with one attached hydrogen (secondary N) is 2. The van der Waals surface area contributed by atoms with Gasteiger partial charge in [-0.25, -0.2) is 0 Å². The normalized spacial score (nSPS) is 11.5. The second-order valence-electron chi connectivity index (χ2n) is 6.63. The Labute approximate surface area is 168 Å². The third-order valence-electron chi connectivity index (χ3n) is 4.49. The molecule has 0 fully saturated rings. The van der Waals surface area contributed by atoms with E-state index in [2.05, 4.69) is 29.6 Å². The van der Waals surface area contributed by atoms with Crippen LogP contribution in [0.15, 0.2) is 29.3 Å². The summed E-state index contributed by atoms with van der Waals surface area (Å²) in [5.41, 5.74) is 4.49. The fourth-order valence-corrected chi connectivity index (χ4v) is 2.96. The first kappa shape index (κ1) is 21.8. The molecule has 0 spiro atoms. The van der Waals surface area contributed by atoms with Gasteiger partial charge in [0.1, 0.15) is 5.75 Å². The van der Waals surface area contributed by atoms with Gasteiger partial charge in [0.15, 0.2) is 5.96 Å². The number of benzene rings is 1. The van der Waals surface area contributed by atoms with Crippen LogP contribution in [0.4, 0.5) is 5.69 Å². The zero-order valence-corrected chi connectivity index (χ0v) is 17.7. The molecular formula is C21H33N5O2. The third kappa shape index (κ3) is 6.56. The molecule has 0 saturated carbocycles. The Bertz CT molecular complexity index is 770. The topological polar surface area (TPSA) is 72.7 Å². The Kier molecular flexibility index (Phi) is 8.81. The quantitative estimate of drug-likeness (QED) is 0.372. The Morgan fingerprint density at radius 1 is 1.25 bits per heavy atom. The SMILES string of the molecule is CCNC(=NCCc1c(C)nn(C)c1C)Nc1cccc(OCCCOC)c1. The number of methoxy groups -OCH3 is 1. The number of hydrogen-bond donors (Lipinski definition) is 2. The number of aryl methyl sites for hydroxylation is 2. The van der Waals surface area contributed by atoms with Crippen LogP contribution >= 0.6 is 0 Å². The van der Waals surface area contributed by atoms with Crippen LogP contribution in [0.3, 0.4) is 0 Å². The Hall–Kier alpha value is -2.54. The lowest BCUT2D eigenvalue weighted by Gasteiger charge is -2.13. The summed E-state index contributed by atoms with van der Waals surface area (Å²) in [4.78, 5) is 4.71. The van der Waals surface area contributed by atoms with Gasteiger partial charge in [-0.2, -0.15) is 5.10 Å². The van der Waals surface area contributed by atoms with Crippen molar-refractivity contribution >= 4 is 11.6 Å². The second kappa shape index (κ2) is 11.3. The molecule has 0 unspecified atom stereocenters. The molecule has 0 aliphatic carbocycles. The highest BCUT2D eigenvalue weighted by Crippen LogP contribution is 2.17. The summed E-state index contributed by atoms with van der Waals surface area (Å²) >= 11 is 0. The Morgan fingerprint density at radius 2 is 2.07 bits per heavy atom. The van der Waals surface area contributed by atoms with Gasteiger partial charge in [0.05, 0.1) is 12.3 Å². The minimum Gasteiger partial charge on any atom is -0.493 e. The van der Waals surface area contributed by atoms with Gasteiger partial charge < -0.3 is 20.1 Å². The molecule has 1 heterocycles. The Balaban J connectivity index is 1.96. The van der Waals surface area contributed by atoms with E-state index in [9.17, 15) is 0 Å². The van der Waals surface area contributed by atoms with Gasteiger partial charge in [-0.3, -0.25) is 9.67 Å². The van der Waals surface area contributed by atoms with Crippen molar-refractivity contribution in [2.75, 3.05) is 38.7 Å². The van der Waals surface area contributed by atoms with Crippen molar-refractivity contribution < 1.29 is 9.47 Å². The smallest absolute Gasteiger partial charge is 0.195 e. The zero-order chi connectivity index (χ0) is 20.4. The molecule has 1 aromatic carbocycles. The number of rotatable bonds is 10. The maximum absolute atomic E-state index is 5.77. The van der Waals surface area contributed by atoms with Crippen LogP contribution in [-0.2, 0) is 18.2 Å². The fraction of sp³-hybridized carbons (Fsp3) is 0.524. The first-order valence-electron chi connectivity index (χ1n) is 9.81. The van der Waals surface area contributed by atoms with E-state index < -0.39 is 0 Å². The molecule has 0 bridgehead atoms. The molecule has 1 aromatic heterocycles. The molecule has 7 nitrogen and oxygen atoms in total. The number of aromatic nitrogens is 2. The van der Waals surface area contributed by atoms with Crippen molar-refractivity contribution in [3.63, 3.8) is 0 Å². The number of anilines is 1. The largest absolute Gasteiger partial charge is 0.493 e. The molecule has 0 amide bonds. The van der Waals surface area contributed by atoms with E-state index in [-0.39, 0.29) is 0 Å². The van der Waals surface area contributed by atoms with Crippen LogP contribution < -0.4 is 15.4 Å². The molecular weight excluding hydrogens is 354 g/mol. The predicted molar refractivity (Wildman–Crippen MR) is 114 cm³/mol. The summed E-state index contributed by atoms with van der Waals surface area (Å²) in [6, 6.07) is 7.91. The number of hydrogen-bond acceptors (Lipinski definition) is 4. The molecule has 2 aromatic rings. The lowest BCUT2D eigenvalue weighted by atomic mass is 10.1. The van der Waals surface area contributed by atoms with Crippen molar-refractivity contribution in [1.82, 2.24) is 15.1 Å². The van der Waals surface area contributed by atoms with Crippen LogP contribution in [0, 0.1) is 13.8 Å². The number of ether oxygens (including phenoxy) is 2. The van der Waals surface area contributed by atoms with E-state index >= 15 is 0 Å². The maximum atomic E-state index is 5.77. The fourth-order valence-electron chi connectivity index (χ4n) is 2.96. The van der Waals surface area contributed by atoms with Gasteiger partial charge in [0.25, 0.3) is 0 Å². The van der Waals surface area contributed by atoms with Gasteiger partial charge in [0.2, 0.25) is 0 Å².